The van der Waals surface area contributed by atoms with Crippen LogP contribution in [-0.4, -0.2) is 36.7 Å². The van der Waals surface area contributed by atoms with Crippen LogP contribution >= 0.6 is 0 Å². The van der Waals surface area contributed by atoms with Crippen molar-refractivity contribution in [2.75, 3.05) is 13.2 Å². The lowest BCUT2D eigenvalue weighted by atomic mass is 10.0. The van der Waals surface area contributed by atoms with Crippen LogP contribution in [0.25, 0.3) is 22.2 Å². The number of pyridine rings is 1. The highest BCUT2D eigenvalue weighted by molar-refractivity contribution is 7.90. The van der Waals surface area contributed by atoms with Gasteiger partial charge in [0, 0.05) is 36.2 Å². The smallest absolute Gasteiger partial charge is 0.269 e. The Labute approximate surface area is 198 Å². The second-order valence-corrected chi connectivity index (χ2v) is 10.1. The third-order valence-electron chi connectivity index (χ3n) is 5.92. The van der Waals surface area contributed by atoms with Crippen LogP contribution in [0, 0.1) is 18.3 Å². The van der Waals surface area contributed by atoms with E-state index in [-0.39, 0.29) is 11.0 Å². The fourth-order valence-corrected chi connectivity index (χ4v) is 5.51. The van der Waals surface area contributed by atoms with Gasteiger partial charge in [0.2, 0.25) is 0 Å². The van der Waals surface area contributed by atoms with Crippen molar-refractivity contribution in [3.05, 3.63) is 78.1 Å². The predicted octanol–water partition coefficient (Wildman–Crippen LogP) is 4.68. The van der Waals surface area contributed by atoms with E-state index in [9.17, 15) is 13.7 Å². The Morgan fingerprint density at radius 1 is 1.12 bits per heavy atom. The van der Waals surface area contributed by atoms with Crippen LogP contribution in [0.5, 0.6) is 5.75 Å². The van der Waals surface area contributed by atoms with Crippen molar-refractivity contribution < 1.29 is 17.9 Å². The van der Waals surface area contributed by atoms with Crippen molar-refractivity contribution in [2.45, 2.75) is 30.8 Å². The van der Waals surface area contributed by atoms with Crippen LogP contribution in [0.3, 0.4) is 0 Å². The number of fused-ring (bicyclic) bond motifs is 1. The largest absolute Gasteiger partial charge is 0.489 e. The summed E-state index contributed by atoms with van der Waals surface area (Å²) in [5, 5.41) is 10.5. The minimum Gasteiger partial charge on any atom is -0.489 e. The molecule has 0 spiro atoms. The highest BCUT2D eigenvalue weighted by atomic mass is 32.2. The number of ether oxygens (including phenoxy) is 2. The Bertz CT molecular complexity index is 1500. The Morgan fingerprint density at radius 2 is 1.88 bits per heavy atom. The van der Waals surface area contributed by atoms with Crippen LogP contribution in [0.1, 0.15) is 24.0 Å². The summed E-state index contributed by atoms with van der Waals surface area (Å²) in [7, 11) is -3.86. The van der Waals surface area contributed by atoms with Gasteiger partial charge in [-0.25, -0.2) is 17.4 Å². The lowest BCUT2D eigenvalue weighted by Crippen LogP contribution is -2.26. The fourth-order valence-electron chi connectivity index (χ4n) is 4.16. The number of nitriles is 1. The molecular formula is C26H23N3O4S. The maximum Gasteiger partial charge on any atom is 0.269 e. The number of aryl methyl sites for hydroxylation is 1. The molecule has 172 valence electrons. The lowest BCUT2D eigenvalue weighted by Gasteiger charge is -2.23. The SMILES string of the molecule is Cc1cnc2c(c1)c(-c1ccc(OC3CCOCC3)c(C#N)c1)cn2S(=O)(=O)c1ccccc1. The van der Waals surface area contributed by atoms with E-state index in [4.69, 9.17) is 9.47 Å². The van der Waals surface area contributed by atoms with Crippen molar-refractivity contribution in [3.63, 3.8) is 0 Å². The molecule has 1 fully saturated rings. The van der Waals surface area contributed by atoms with E-state index in [0.717, 1.165) is 24.0 Å². The quantitative estimate of drug-likeness (QED) is 0.418. The second-order valence-electron chi connectivity index (χ2n) is 8.29. The first-order valence-corrected chi connectivity index (χ1v) is 12.5. The van der Waals surface area contributed by atoms with Gasteiger partial charge in [0.1, 0.15) is 17.9 Å². The average molecular weight is 474 g/mol. The normalized spacial score (nSPS) is 14.7. The van der Waals surface area contributed by atoms with Crippen molar-refractivity contribution in [1.29, 1.82) is 5.26 Å². The minimum absolute atomic E-state index is 0.0106. The molecule has 5 rings (SSSR count). The zero-order valence-electron chi connectivity index (χ0n) is 18.6. The van der Waals surface area contributed by atoms with E-state index in [2.05, 4.69) is 11.1 Å². The van der Waals surface area contributed by atoms with E-state index in [1.807, 2.05) is 19.1 Å². The molecule has 0 N–H and O–H groups in total. The average Bonchev–Trinajstić information content (AvgIpc) is 3.25. The molecule has 0 bridgehead atoms. The number of benzene rings is 2. The van der Waals surface area contributed by atoms with Crippen LogP contribution in [-0.2, 0) is 14.8 Å². The third-order valence-corrected chi connectivity index (χ3v) is 7.59. The fraction of sp³-hybridized carbons (Fsp3) is 0.231. The van der Waals surface area contributed by atoms with Crippen molar-refractivity contribution >= 4 is 21.1 Å². The summed E-state index contributed by atoms with van der Waals surface area (Å²) in [5.41, 5.74) is 3.04. The molecule has 4 aromatic rings. The zero-order valence-corrected chi connectivity index (χ0v) is 19.5. The molecule has 34 heavy (non-hydrogen) atoms. The Balaban J connectivity index is 1.62. The van der Waals surface area contributed by atoms with Gasteiger partial charge in [0.25, 0.3) is 10.0 Å². The molecule has 1 aliphatic heterocycles. The van der Waals surface area contributed by atoms with Gasteiger partial charge in [0.15, 0.2) is 5.65 Å². The summed E-state index contributed by atoms with van der Waals surface area (Å²) in [5.74, 6) is 0.521. The molecule has 1 aliphatic rings. The molecule has 0 amide bonds. The standard InChI is InChI=1S/C26H23N3O4S/c1-18-13-23-24(17-29(26(23)28-16-18)34(30,31)22-5-3-2-4-6-22)19-7-8-25(20(14-19)15-27)33-21-9-11-32-12-10-21/h2-8,13-14,16-17,21H,9-12H2,1H3. The maximum absolute atomic E-state index is 13.4. The highest BCUT2D eigenvalue weighted by Gasteiger charge is 2.24. The number of hydrogen-bond donors (Lipinski definition) is 0. The first-order chi connectivity index (χ1) is 16.5. The molecular weight excluding hydrogens is 450 g/mol. The van der Waals surface area contributed by atoms with Crippen LogP contribution in [0.2, 0.25) is 0 Å². The van der Waals surface area contributed by atoms with Gasteiger partial charge in [-0.05, 0) is 48.4 Å². The first-order valence-electron chi connectivity index (χ1n) is 11.0. The molecule has 0 saturated carbocycles. The molecule has 8 heteroatoms. The van der Waals surface area contributed by atoms with Crippen molar-refractivity contribution in [3.8, 4) is 22.9 Å². The molecule has 2 aromatic heterocycles. The topological polar surface area (TPSA) is 94.2 Å². The first kappa shape index (κ1) is 22.1. The molecule has 0 unspecified atom stereocenters. The van der Waals surface area contributed by atoms with Crippen molar-refractivity contribution in [2.24, 2.45) is 0 Å². The monoisotopic (exact) mass is 473 g/mol. The molecule has 0 atom stereocenters. The van der Waals surface area contributed by atoms with Gasteiger partial charge in [-0.2, -0.15) is 5.26 Å². The van der Waals surface area contributed by atoms with E-state index < -0.39 is 10.0 Å². The Kier molecular flexibility index (Phi) is 5.82. The van der Waals surface area contributed by atoms with Gasteiger partial charge < -0.3 is 9.47 Å². The van der Waals surface area contributed by atoms with E-state index in [0.29, 0.717) is 41.1 Å². The van der Waals surface area contributed by atoms with Gasteiger partial charge in [-0.1, -0.05) is 24.3 Å². The third kappa shape index (κ3) is 4.04. The molecule has 7 nitrogen and oxygen atoms in total. The summed E-state index contributed by atoms with van der Waals surface area (Å²) >= 11 is 0. The predicted molar refractivity (Wildman–Crippen MR) is 128 cm³/mol. The summed E-state index contributed by atoms with van der Waals surface area (Å²) in [4.78, 5) is 4.62. The summed E-state index contributed by atoms with van der Waals surface area (Å²) in [6.07, 6.45) is 4.80. The van der Waals surface area contributed by atoms with E-state index >= 15 is 0 Å². The Morgan fingerprint density at radius 3 is 2.62 bits per heavy atom. The van der Waals surface area contributed by atoms with E-state index in [1.165, 1.54) is 3.97 Å². The maximum atomic E-state index is 13.4. The number of hydrogen-bond acceptors (Lipinski definition) is 6. The van der Waals surface area contributed by atoms with Crippen LogP contribution in [0.15, 0.2) is 71.9 Å². The summed E-state index contributed by atoms with van der Waals surface area (Å²) < 4.78 is 39.5. The number of nitrogens with zero attached hydrogens (tertiary/aromatic N) is 3. The Hall–Kier alpha value is -3.67. The second kappa shape index (κ2) is 8.93. The van der Waals surface area contributed by atoms with Crippen LogP contribution in [0.4, 0.5) is 0 Å². The zero-order chi connectivity index (χ0) is 23.7. The summed E-state index contributed by atoms with van der Waals surface area (Å²) in [6, 6.07) is 17.8. The molecule has 0 radical (unpaired) electrons. The lowest BCUT2D eigenvalue weighted by molar-refractivity contribution is 0.0254. The molecule has 1 saturated heterocycles. The van der Waals surface area contributed by atoms with Gasteiger partial charge >= 0.3 is 0 Å². The summed E-state index contributed by atoms with van der Waals surface area (Å²) in [6.45, 7) is 3.20. The van der Waals surface area contributed by atoms with Gasteiger partial charge in [0.05, 0.1) is 23.7 Å². The number of rotatable bonds is 5. The minimum atomic E-state index is -3.86. The van der Waals surface area contributed by atoms with Gasteiger partial charge in [-0.15, -0.1) is 0 Å². The van der Waals surface area contributed by atoms with E-state index in [1.54, 1.807) is 54.9 Å². The molecule has 2 aromatic carbocycles. The molecule has 0 aliphatic carbocycles. The van der Waals surface area contributed by atoms with Gasteiger partial charge in [-0.3, -0.25) is 0 Å². The highest BCUT2D eigenvalue weighted by Crippen LogP contribution is 2.35. The number of aromatic nitrogens is 2. The van der Waals surface area contributed by atoms with Crippen LogP contribution < -0.4 is 4.74 Å². The van der Waals surface area contributed by atoms with Crippen molar-refractivity contribution in [1.82, 2.24) is 8.96 Å². The molecule has 3 heterocycles.